The smallest absolute Gasteiger partial charge is 0.161 e. The lowest BCUT2D eigenvalue weighted by Crippen LogP contribution is -2.32. The largest absolute Gasteiger partial charge is 0.493 e. The molecule has 162 valence electrons. The predicted molar refractivity (Wildman–Crippen MR) is 119 cm³/mol. The molecule has 0 radical (unpaired) electrons. The highest BCUT2D eigenvalue weighted by Crippen LogP contribution is 2.29. The number of aryl methyl sites for hydroxylation is 1. The first-order chi connectivity index (χ1) is 14.4. The van der Waals surface area contributed by atoms with Gasteiger partial charge < -0.3 is 24.3 Å². The highest BCUT2D eigenvalue weighted by atomic mass is 16.5. The summed E-state index contributed by atoms with van der Waals surface area (Å²) in [6.45, 7) is 6.22. The fraction of sp³-hybridized carbons (Fsp3) is 0.417. The maximum absolute atomic E-state index is 10.8. The summed E-state index contributed by atoms with van der Waals surface area (Å²) in [7, 11) is 3.60. The SMILES string of the molecule is COc1cc(CN(C)CC(O)Cn2c(C)c(C)c3ccccc32)ccc1OCCO. The number of nitrogens with zero attached hydrogens (tertiary/aromatic N) is 2. The first kappa shape index (κ1) is 22.2. The number of aromatic nitrogens is 1. The molecular weight excluding hydrogens is 380 g/mol. The van der Waals surface area contributed by atoms with Gasteiger partial charge in [0.15, 0.2) is 11.5 Å². The molecule has 1 heterocycles. The summed E-state index contributed by atoms with van der Waals surface area (Å²) in [6.07, 6.45) is -0.488. The summed E-state index contributed by atoms with van der Waals surface area (Å²) in [5, 5.41) is 20.9. The van der Waals surface area contributed by atoms with Crippen molar-refractivity contribution in [3.8, 4) is 11.5 Å². The third-order valence-corrected chi connectivity index (χ3v) is 5.49. The van der Waals surface area contributed by atoms with Crippen LogP contribution in [0.15, 0.2) is 42.5 Å². The first-order valence-electron chi connectivity index (χ1n) is 10.3. The van der Waals surface area contributed by atoms with E-state index in [1.165, 1.54) is 16.6 Å². The van der Waals surface area contributed by atoms with Gasteiger partial charge in [0.05, 0.1) is 26.4 Å². The second-order valence-electron chi connectivity index (χ2n) is 7.75. The molecule has 30 heavy (non-hydrogen) atoms. The van der Waals surface area contributed by atoms with E-state index in [1.807, 2.05) is 31.3 Å². The van der Waals surface area contributed by atoms with Crippen LogP contribution in [0, 0.1) is 13.8 Å². The number of para-hydroxylation sites is 1. The van der Waals surface area contributed by atoms with Gasteiger partial charge in [-0.25, -0.2) is 0 Å². The molecule has 2 N–H and O–H groups in total. The van der Waals surface area contributed by atoms with Gasteiger partial charge in [0.2, 0.25) is 0 Å². The fourth-order valence-electron chi connectivity index (χ4n) is 3.93. The molecule has 1 unspecified atom stereocenters. The Morgan fingerprint density at radius 3 is 2.60 bits per heavy atom. The van der Waals surface area contributed by atoms with Crippen LogP contribution in [0.3, 0.4) is 0 Å². The van der Waals surface area contributed by atoms with Crippen molar-refractivity contribution in [2.75, 3.05) is 33.9 Å². The standard InChI is InChI=1S/C24H32N2O4/c1-17-18(2)26(22-8-6-5-7-21(17)22)16-20(28)15-25(3)14-19-9-10-23(30-12-11-27)24(13-19)29-4/h5-10,13,20,27-28H,11-12,14-16H2,1-4H3. The van der Waals surface area contributed by atoms with E-state index in [0.717, 1.165) is 11.1 Å². The zero-order valence-electron chi connectivity index (χ0n) is 18.3. The van der Waals surface area contributed by atoms with Crippen molar-refractivity contribution in [3.63, 3.8) is 0 Å². The Balaban J connectivity index is 1.64. The van der Waals surface area contributed by atoms with E-state index in [-0.39, 0.29) is 13.2 Å². The monoisotopic (exact) mass is 412 g/mol. The summed E-state index contributed by atoms with van der Waals surface area (Å²) in [5.41, 5.74) is 4.69. The molecule has 0 aliphatic carbocycles. The summed E-state index contributed by atoms with van der Waals surface area (Å²) in [6, 6.07) is 14.1. The van der Waals surface area contributed by atoms with Crippen LogP contribution in [0.1, 0.15) is 16.8 Å². The maximum Gasteiger partial charge on any atom is 0.161 e. The van der Waals surface area contributed by atoms with Crippen molar-refractivity contribution < 1.29 is 19.7 Å². The summed E-state index contributed by atoms with van der Waals surface area (Å²) in [4.78, 5) is 2.10. The van der Waals surface area contributed by atoms with Gasteiger partial charge in [0.25, 0.3) is 0 Å². The average molecular weight is 413 g/mol. The van der Waals surface area contributed by atoms with E-state index in [0.29, 0.717) is 31.1 Å². The highest BCUT2D eigenvalue weighted by molar-refractivity contribution is 5.85. The molecule has 3 rings (SSSR count). The Hall–Kier alpha value is -2.54. The number of aliphatic hydroxyl groups excluding tert-OH is 2. The summed E-state index contributed by atoms with van der Waals surface area (Å²) in [5.74, 6) is 1.25. The third kappa shape index (κ3) is 4.95. The molecule has 0 saturated carbocycles. The lowest BCUT2D eigenvalue weighted by molar-refractivity contribution is 0.108. The predicted octanol–water partition coefficient (Wildman–Crippen LogP) is 3.13. The van der Waals surface area contributed by atoms with Crippen molar-refractivity contribution in [3.05, 3.63) is 59.3 Å². The second kappa shape index (κ2) is 9.98. The zero-order chi connectivity index (χ0) is 21.7. The van der Waals surface area contributed by atoms with E-state index in [1.54, 1.807) is 7.11 Å². The number of hydrogen-bond donors (Lipinski definition) is 2. The molecule has 0 fully saturated rings. The van der Waals surface area contributed by atoms with Crippen molar-refractivity contribution >= 4 is 10.9 Å². The van der Waals surface area contributed by atoms with Crippen LogP contribution in [-0.4, -0.2) is 59.7 Å². The van der Waals surface area contributed by atoms with Crippen LogP contribution in [0.5, 0.6) is 11.5 Å². The molecule has 3 aromatic rings. The van der Waals surface area contributed by atoms with Crippen molar-refractivity contribution in [2.24, 2.45) is 0 Å². The number of aliphatic hydroxyl groups is 2. The van der Waals surface area contributed by atoms with Crippen LogP contribution in [0.25, 0.3) is 10.9 Å². The number of ether oxygens (including phenoxy) is 2. The normalized spacial score (nSPS) is 12.5. The minimum Gasteiger partial charge on any atom is -0.493 e. The summed E-state index contributed by atoms with van der Waals surface area (Å²) >= 11 is 0. The van der Waals surface area contributed by atoms with Crippen LogP contribution in [0.4, 0.5) is 0 Å². The van der Waals surface area contributed by atoms with E-state index in [9.17, 15) is 5.11 Å². The van der Waals surface area contributed by atoms with Gasteiger partial charge in [-0.15, -0.1) is 0 Å². The van der Waals surface area contributed by atoms with Gasteiger partial charge in [-0.05, 0) is 50.2 Å². The molecule has 0 aliphatic heterocycles. The van der Waals surface area contributed by atoms with Crippen molar-refractivity contribution in [1.29, 1.82) is 0 Å². The topological polar surface area (TPSA) is 67.1 Å². The Morgan fingerprint density at radius 1 is 1.10 bits per heavy atom. The zero-order valence-corrected chi connectivity index (χ0v) is 18.3. The maximum atomic E-state index is 10.8. The molecule has 2 aromatic carbocycles. The number of rotatable bonds is 10. The molecule has 6 nitrogen and oxygen atoms in total. The Kier molecular flexibility index (Phi) is 7.37. The lowest BCUT2D eigenvalue weighted by Gasteiger charge is -2.22. The van der Waals surface area contributed by atoms with Crippen molar-refractivity contribution in [2.45, 2.75) is 33.0 Å². The minimum atomic E-state index is -0.488. The molecule has 0 amide bonds. The van der Waals surface area contributed by atoms with E-state index in [2.05, 4.69) is 41.5 Å². The van der Waals surface area contributed by atoms with Gasteiger partial charge in [0, 0.05) is 29.7 Å². The number of fused-ring (bicyclic) bond motifs is 1. The Labute approximate surface area is 178 Å². The van der Waals surface area contributed by atoms with Crippen LogP contribution < -0.4 is 9.47 Å². The molecule has 0 saturated heterocycles. The number of methoxy groups -OCH3 is 1. The van der Waals surface area contributed by atoms with Crippen LogP contribution in [-0.2, 0) is 13.1 Å². The number of benzene rings is 2. The van der Waals surface area contributed by atoms with Gasteiger partial charge in [-0.1, -0.05) is 24.3 Å². The first-order valence-corrected chi connectivity index (χ1v) is 10.3. The third-order valence-electron chi connectivity index (χ3n) is 5.49. The molecule has 0 aliphatic rings. The van der Waals surface area contributed by atoms with Gasteiger partial charge >= 0.3 is 0 Å². The quantitative estimate of drug-likeness (QED) is 0.536. The number of likely N-dealkylation sites (N-methyl/N-ethyl adjacent to an activating group) is 1. The van der Waals surface area contributed by atoms with E-state index in [4.69, 9.17) is 14.6 Å². The average Bonchev–Trinajstić information content (AvgIpc) is 2.97. The molecule has 0 spiro atoms. The molecular formula is C24H32N2O4. The molecule has 1 aromatic heterocycles. The molecule has 6 heteroatoms. The van der Waals surface area contributed by atoms with E-state index < -0.39 is 6.10 Å². The van der Waals surface area contributed by atoms with E-state index >= 15 is 0 Å². The minimum absolute atomic E-state index is 0.0405. The molecule has 1 atom stereocenters. The summed E-state index contributed by atoms with van der Waals surface area (Å²) < 4.78 is 13.1. The van der Waals surface area contributed by atoms with Gasteiger partial charge in [0.1, 0.15) is 6.61 Å². The second-order valence-corrected chi connectivity index (χ2v) is 7.75. The lowest BCUT2D eigenvalue weighted by atomic mass is 10.2. The van der Waals surface area contributed by atoms with Gasteiger partial charge in [-0.3, -0.25) is 4.90 Å². The van der Waals surface area contributed by atoms with Gasteiger partial charge in [-0.2, -0.15) is 0 Å². The molecule has 0 bridgehead atoms. The Morgan fingerprint density at radius 2 is 1.87 bits per heavy atom. The highest BCUT2D eigenvalue weighted by Gasteiger charge is 2.16. The Bertz CT molecular complexity index is 983. The van der Waals surface area contributed by atoms with Crippen LogP contribution >= 0.6 is 0 Å². The van der Waals surface area contributed by atoms with Crippen molar-refractivity contribution in [1.82, 2.24) is 9.47 Å². The van der Waals surface area contributed by atoms with Crippen LogP contribution in [0.2, 0.25) is 0 Å². The number of hydrogen-bond acceptors (Lipinski definition) is 5. The fourth-order valence-corrected chi connectivity index (χ4v) is 3.93.